The van der Waals surface area contributed by atoms with Gasteiger partial charge in [-0.05, 0) is 6.92 Å². The molecular formula is C19H20N2O3. The molecule has 0 aliphatic rings. The maximum absolute atomic E-state index is 5.58. The highest BCUT2D eigenvalue weighted by Crippen LogP contribution is 2.39. The molecule has 0 unspecified atom stereocenters. The summed E-state index contributed by atoms with van der Waals surface area (Å²) in [7, 11) is 4.87. The second-order valence-electron chi connectivity index (χ2n) is 5.30. The lowest BCUT2D eigenvalue weighted by Gasteiger charge is -2.17. The highest BCUT2D eigenvalue weighted by atomic mass is 16.5. The molecule has 0 spiro atoms. The summed E-state index contributed by atoms with van der Waals surface area (Å²) in [5.74, 6) is 1.98. The summed E-state index contributed by atoms with van der Waals surface area (Å²) in [6.07, 6.45) is 1.78. The average Bonchev–Trinajstić information content (AvgIpc) is 3.02. The molecular weight excluding hydrogens is 304 g/mol. The van der Waals surface area contributed by atoms with E-state index in [4.69, 9.17) is 14.2 Å². The quantitative estimate of drug-likeness (QED) is 0.714. The van der Waals surface area contributed by atoms with Crippen molar-refractivity contribution in [3.05, 3.63) is 54.5 Å². The fourth-order valence-electron chi connectivity index (χ4n) is 2.78. The zero-order chi connectivity index (χ0) is 17.1. The van der Waals surface area contributed by atoms with Gasteiger partial charge in [-0.25, -0.2) is 4.98 Å². The monoisotopic (exact) mass is 324 g/mol. The zero-order valence-electron chi connectivity index (χ0n) is 14.2. The molecule has 0 N–H and O–H groups in total. The van der Waals surface area contributed by atoms with Crippen LogP contribution in [0, 0.1) is 6.92 Å². The molecule has 24 heavy (non-hydrogen) atoms. The van der Waals surface area contributed by atoms with Crippen LogP contribution in [0.5, 0.6) is 17.2 Å². The predicted octanol–water partition coefficient (Wildman–Crippen LogP) is 3.87. The van der Waals surface area contributed by atoms with Crippen molar-refractivity contribution in [2.75, 3.05) is 21.3 Å². The Bertz CT molecular complexity index is 816. The van der Waals surface area contributed by atoms with E-state index in [1.807, 2.05) is 41.8 Å². The number of aryl methyl sites for hydroxylation is 1. The summed E-state index contributed by atoms with van der Waals surface area (Å²) in [6, 6.07) is 13.8. The topological polar surface area (TPSA) is 45.5 Å². The van der Waals surface area contributed by atoms with Crippen molar-refractivity contribution in [3.8, 4) is 34.2 Å². The first-order valence-corrected chi connectivity index (χ1v) is 7.59. The summed E-state index contributed by atoms with van der Waals surface area (Å²) in [5, 5.41) is 0. The van der Waals surface area contributed by atoms with Gasteiger partial charge in [-0.15, -0.1) is 0 Å². The minimum atomic E-state index is 0.654. The lowest BCUT2D eigenvalue weighted by Crippen LogP contribution is -2.03. The fraction of sp³-hybridized carbons (Fsp3) is 0.211. The molecule has 0 saturated heterocycles. The SMILES string of the molecule is COc1cc(OC)c(-n2cnc(C)c2-c2ccccc2)c(OC)c1. The lowest BCUT2D eigenvalue weighted by atomic mass is 10.1. The van der Waals surface area contributed by atoms with Gasteiger partial charge in [-0.2, -0.15) is 0 Å². The number of rotatable bonds is 5. The Balaban J connectivity index is 2.28. The zero-order valence-corrected chi connectivity index (χ0v) is 14.2. The van der Waals surface area contributed by atoms with E-state index >= 15 is 0 Å². The van der Waals surface area contributed by atoms with Crippen molar-refractivity contribution >= 4 is 0 Å². The Hall–Kier alpha value is -2.95. The molecule has 0 saturated carbocycles. The van der Waals surface area contributed by atoms with E-state index < -0.39 is 0 Å². The Morgan fingerprint density at radius 2 is 1.50 bits per heavy atom. The van der Waals surface area contributed by atoms with Gasteiger partial charge in [-0.1, -0.05) is 30.3 Å². The Labute approximate surface area is 141 Å². The first kappa shape index (κ1) is 15.9. The maximum Gasteiger partial charge on any atom is 0.150 e. The van der Waals surface area contributed by atoms with Crippen molar-refractivity contribution < 1.29 is 14.2 Å². The Morgan fingerprint density at radius 1 is 0.875 bits per heavy atom. The second kappa shape index (κ2) is 6.66. The lowest BCUT2D eigenvalue weighted by molar-refractivity contribution is 0.373. The number of nitrogens with zero attached hydrogens (tertiary/aromatic N) is 2. The fourth-order valence-corrected chi connectivity index (χ4v) is 2.78. The average molecular weight is 324 g/mol. The van der Waals surface area contributed by atoms with Crippen LogP contribution in [0.1, 0.15) is 5.69 Å². The van der Waals surface area contributed by atoms with Crippen molar-refractivity contribution in [3.63, 3.8) is 0 Å². The number of benzene rings is 2. The predicted molar refractivity (Wildman–Crippen MR) is 93.4 cm³/mol. The number of methoxy groups -OCH3 is 3. The van der Waals surface area contributed by atoms with Gasteiger partial charge in [-0.3, -0.25) is 4.57 Å². The summed E-state index contributed by atoms with van der Waals surface area (Å²) in [6.45, 7) is 1.99. The van der Waals surface area contributed by atoms with E-state index in [9.17, 15) is 0 Å². The van der Waals surface area contributed by atoms with Crippen LogP contribution >= 0.6 is 0 Å². The van der Waals surface area contributed by atoms with Crippen LogP contribution < -0.4 is 14.2 Å². The van der Waals surface area contributed by atoms with Gasteiger partial charge in [0.2, 0.25) is 0 Å². The summed E-state index contributed by atoms with van der Waals surface area (Å²) >= 11 is 0. The largest absolute Gasteiger partial charge is 0.496 e. The first-order chi connectivity index (χ1) is 11.7. The smallest absolute Gasteiger partial charge is 0.150 e. The van der Waals surface area contributed by atoms with Gasteiger partial charge in [0.1, 0.15) is 29.3 Å². The van der Waals surface area contributed by atoms with Gasteiger partial charge >= 0.3 is 0 Å². The molecule has 1 heterocycles. The molecule has 0 bridgehead atoms. The van der Waals surface area contributed by atoms with Gasteiger partial charge < -0.3 is 14.2 Å². The number of hydrogen-bond acceptors (Lipinski definition) is 4. The van der Waals surface area contributed by atoms with E-state index in [1.165, 1.54) is 0 Å². The van der Waals surface area contributed by atoms with Crippen LogP contribution in [0.2, 0.25) is 0 Å². The number of ether oxygens (including phenoxy) is 3. The van der Waals surface area contributed by atoms with Gasteiger partial charge in [0.25, 0.3) is 0 Å². The van der Waals surface area contributed by atoms with Crippen molar-refractivity contribution in [1.82, 2.24) is 9.55 Å². The molecule has 124 valence electrons. The van der Waals surface area contributed by atoms with Crippen LogP contribution in [0.15, 0.2) is 48.8 Å². The molecule has 0 amide bonds. The van der Waals surface area contributed by atoms with Crippen LogP contribution in [-0.4, -0.2) is 30.9 Å². The van der Waals surface area contributed by atoms with E-state index in [0.29, 0.717) is 17.2 Å². The van der Waals surface area contributed by atoms with Crippen LogP contribution in [-0.2, 0) is 0 Å². The molecule has 0 atom stereocenters. The Kier molecular flexibility index (Phi) is 4.42. The standard InChI is InChI=1S/C19H20N2O3/c1-13-18(14-8-6-5-7-9-14)21(12-20-13)19-16(23-3)10-15(22-2)11-17(19)24-4/h5-12H,1-4H3. The molecule has 5 heteroatoms. The number of aromatic nitrogens is 2. The van der Waals surface area contributed by atoms with Crippen molar-refractivity contribution in [2.45, 2.75) is 6.92 Å². The second-order valence-corrected chi connectivity index (χ2v) is 5.30. The molecule has 5 nitrogen and oxygen atoms in total. The summed E-state index contributed by atoms with van der Waals surface area (Å²) in [4.78, 5) is 4.48. The molecule has 0 fully saturated rings. The Morgan fingerprint density at radius 3 is 2.04 bits per heavy atom. The van der Waals surface area contributed by atoms with Gasteiger partial charge in [0.05, 0.1) is 32.7 Å². The normalized spacial score (nSPS) is 10.5. The number of imidazole rings is 1. The van der Waals surface area contributed by atoms with E-state index in [2.05, 4.69) is 17.1 Å². The van der Waals surface area contributed by atoms with E-state index in [-0.39, 0.29) is 0 Å². The molecule has 0 radical (unpaired) electrons. The third kappa shape index (κ3) is 2.69. The van der Waals surface area contributed by atoms with E-state index in [1.54, 1.807) is 27.7 Å². The van der Waals surface area contributed by atoms with Crippen molar-refractivity contribution in [2.24, 2.45) is 0 Å². The molecule has 3 aromatic rings. The highest BCUT2D eigenvalue weighted by molar-refractivity contribution is 5.70. The number of hydrogen-bond donors (Lipinski definition) is 0. The first-order valence-electron chi connectivity index (χ1n) is 7.59. The van der Waals surface area contributed by atoms with Gasteiger partial charge in [0, 0.05) is 17.7 Å². The maximum atomic E-state index is 5.58. The summed E-state index contributed by atoms with van der Waals surface area (Å²) < 4.78 is 18.5. The minimum Gasteiger partial charge on any atom is -0.496 e. The third-order valence-corrected chi connectivity index (χ3v) is 3.93. The van der Waals surface area contributed by atoms with Crippen LogP contribution in [0.3, 0.4) is 0 Å². The van der Waals surface area contributed by atoms with E-state index in [0.717, 1.165) is 22.6 Å². The highest BCUT2D eigenvalue weighted by Gasteiger charge is 2.20. The van der Waals surface area contributed by atoms with Crippen LogP contribution in [0.4, 0.5) is 0 Å². The minimum absolute atomic E-state index is 0.654. The molecule has 0 aliphatic carbocycles. The van der Waals surface area contributed by atoms with Gasteiger partial charge in [0.15, 0.2) is 0 Å². The molecule has 0 aliphatic heterocycles. The van der Waals surface area contributed by atoms with Crippen molar-refractivity contribution in [1.29, 1.82) is 0 Å². The molecule has 1 aromatic heterocycles. The van der Waals surface area contributed by atoms with Crippen LogP contribution in [0.25, 0.3) is 16.9 Å². The molecule has 2 aromatic carbocycles. The molecule has 3 rings (SSSR count). The third-order valence-electron chi connectivity index (χ3n) is 3.93. The summed E-state index contributed by atoms with van der Waals surface area (Å²) in [5.41, 5.74) is 3.80.